The van der Waals surface area contributed by atoms with E-state index in [9.17, 15) is 18.0 Å². The number of esters is 1. The third-order valence-corrected chi connectivity index (χ3v) is 5.77. The van der Waals surface area contributed by atoms with E-state index in [1.807, 2.05) is 31.2 Å². The highest BCUT2D eigenvalue weighted by Gasteiger charge is 2.25. The molecule has 9 heteroatoms. The number of ether oxygens (including phenoxy) is 2. The van der Waals surface area contributed by atoms with Gasteiger partial charge in [-0.3, -0.25) is 4.79 Å². The molecular weight excluding hydrogens is 474 g/mol. The summed E-state index contributed by atoms with van der Waals surface area (Å²) in [7, 11) is -3.32. The van der Waals surface area contributed by atoms with Crippen molar-refractivity contribution in [2.75, 3.05) is 25.2 Å². The molecule has 0 aliphatic rings. The van der Waals surface area contributed by atoms with Crippen molar-refractivity contribution in [1.29, 1.82) is 0 Å². The van der Waals surface area contributed by atoms with E-state index in [1.165, 1.54) is 0 Å². The van der Waals surface area contributed by atoms with E-state index in [-0.39, 0.29) is 25.4 Å². The lowest BCUT2D eigenvalue weighted by Gasteiger charge is -2.18. The van der Waals surface area contributed by atoms with Crippen LogP contribution >= 0.6 is 15.9 Å². The number of hydrogen-bond donors (Lipinski definition) is 1. The van der Waals surface area contributed by atoms with E-state index in [0.29, 0.717) is 15.8 Å². The summed E-state index contributed by atoms with van der Waals surface area (Å²) in [6.07, 6.45) is 0.979. The molecular formula is C21H24BrNO6S. The first-order chi connectivity index (χ1) is 14.2. The van der Waals surface area contributed by atoms with Crippen molar-refractivity contribution in [3.63, 3.8) is 0 Å². The lowest BCUT2D eigenvalue weighted by molar-refractivity contribution is -0.146. The van der Waals surface area contributed by atoms with Gasteiger partial charge >= 0.3 is 5.97 Å². The third-order valence-electron chi connectivity index (χ3n) is 4.10. The molecule has 0 aliphatic heterocycles. The highest BCUT2D eigenvalue weighted by atomic mass is 79.9. The summed E-state index contributed by atoms with van der Waals surface area (Å²) >= 11 is 3.28. The normalized spacial score (nSPS) is 12.1. The molecule has 162 valence electrons. The van der Waals surface area contributed by atoms with Crippen LogP contribution in [0.25, 0.3) is 0 Å². The Labute approximate surface area is 184 Å². The van der Waals surface area contributed by atoms with Crippen LogP contribution in [0.4, 0.5) is 0 Å². The smallest absolute Gasteiger partial charge is 0.328 e. The Kier molecular flexibility index (Phi) is 8.86. The first-order valence-electron chi connectivity index (χ1n) is 9.25. The number of benzene rings is 2. The zero-order chi connectivity index (χ0) is 22.1. The Bertz CT molecular complexity index is 975. The molecule has 0 aromatic heterocycles. The molecule has 2 rings (SSSR count). The van der Waals surface area contributed by atoms with Gasteiger partial charge in [0.05, 0.1) is 11.3 Å². The SMILES string of the molecule is Cc1ccc(OCCOC(=O)[C@H](CCS(C)(=O)=O)NC(=O)c2ccccc2Br)cc1. The number of aryl methyl sites for hydroxylation is 1. The summed E-state index contributed by atoms with van der Waals surface area (Å²) in [6.45, 7) is 2.06. The highest BCUT2D eigenvalue weighted by Crippen LogP contribution is 2.16. The lowest BCUT2D eigenvalue weighted by Crippen LogP contribution is -2.43. The second kappa shape index (κ2) is 11.1. The molecule has 0 heterocycles. The average molecular weight is 498 g/mol. The number of rotatable bonds is 10. The quantitative estimate of drug-likeness (QED) is 0.400. The Morgan fingerprint density at radius 1 is 1.07 bits per heavy atom. The summed E-state index contributed by atoms with van der Waals surface area (Å²) in [4.78, 5) is 25.0. The van der Waals surface area contributed by atoms with Crippen molar-refractivity contribution in [3.05, 3.63) is 64.1 Å². The van der Waals surface area contributed by atoms with Crippen LogP contribution in [0.1, 0.15) is 22.3 Å². The van der Waals surface area contributed by atoms with Crippen LogP contribution in [-0.4, -0.2) is 51.6 Å². The number of hydrogen-bond acceptors (Lipinski definition) is 6. The van der Waals surface area contributed by atoms with Gasteiger partial charge in [-0.15, -0.1) is 0 Å². The molecule has 0 bridgehead atoms. The van der Waals surface area contributed by atoms with Crippen LogP contribution in [0.5, 0.6) is 5.75 Å². The summed E-state index contributed by atoms with van der Waals surface area (Å²) in [6, 6.07) is 13.1. The van der Waals surface area contributed by atoms with Crippen molar-refractivity contribution < 1.29 is 27.5 Å². The molecule has 0 fully saturated rings. The van der Waals surface area contributed by atoms with Crippen LogP contribution in [0.2, 0.25) is 0 Å². The fourth-order valence-corrected chi connectivity index (χ4v) is 3.63. The first-order valence-corrected chi connectivity index (χ1v) is 12.1. The van der Waals surface area contributed by atoms with Gasteiger partial charge in [0.15, 0.2) is 0 Å². The van der Waals surface area contributed by atoms with E-state index in [2.05, 4.69) is 21.2 Å². The monoisotopic (exact) mass is 497 g/mol. The summed E-state index contributed by atoms with van der Waals surface area (Å²) < 4.78 is 34.3. The number of halogens is 1. The number of carbonyl (C=O) groups is 2. The second-order valence-corrected chi connectivity index (χ2v) is 9.87. The van der Waals surface area contributed by atoms with Crippen LogP contribution in [0.3, 0.4) is 0 Å². The predicted octanol–water partition coefficient (Wildman–Crippen LogP) is 2.91. The van der Waals surface area contributed by atoms with Gasteiger partial charge in [-0.25, -0.2) is 13.2 Å². The molecule has 1 amide bonds. The summed E-state index contributed by atoms with van der Waals surface area (Å²) in [5.41, 5.74) is 1.43. The van der Waals surface area contributed by atoms with Gasteiger partial charge in [0.25, 0.3) is 5.91 Å². The number of amides is 1. The van der Waals surface area contributed by atoms with Gasteiger partial charge in [0, 0.05) is 10.7 Å². The van der Waals surface area contributed by atoms with E-state index in [1.54, 1.807) is 24.3 Å². The van der Waals surface area contributed by atoms with Crippen LogP contribution < -0.4 is 10.1 Å². The molecule has 1 N–H and O–H groups in total. The molecule has 0 radical (unpaired) electrons. The van der Waals surface area contributed by atoms with E-state index < -0.39 is 27.8 Å². The fraction of sp³-hybridized carbons (Fsp3) is 0.333. The molecule has 0 unspecified atom stereocenters. The van der Waals surface area contributed by atoms with Crippen LogP contribution in [-0.2, 0) is 19.4 Å². The van der Waals surface area contributed by atoms with Crippen molar-refractivity contribution in [1.82, 2.24) is 5.32 Å². The molecule has 30 heavy (non-hydrogen) atoms. The maximum absolute atomic E-state index is 12.5. The molecule has 2 aromatic carbocycles. The molecule has 2 aromatic rings. The average Bonchev–Trinajstić information content (AvgIpc) is 2.69. The maximum atomic E-state index is 12.5. The minimum Gasteiger partial charge on any atom is -0.490 e. The molecule has 0 spiro atoms. The van der Waals surface area contributed by atoms with Gasteiger partial charge in [-0.05, 0) is 53.5 Å². The Hall–Kier alpha value is -2.39. The van der Waals surface area contributed by atoms with Gasteiger partial charge < -0.3 is 14.8 Å². The molecule has 7 nitrogen and oxygen atoms in total. The molecule has 0 saturated heterocycles. The largest absolute Gasteiger partial charge is 0.490 e. The van der Waals surface area contributed by atoms with E-state index in [4.69, 9.17) is 9.47 Å². The van der Waals surface area contributed by atoms with Gasteiger partial charge in [-0.1, -0.05) is 29.8 Å². The van der Waals surface area contributed by atoms with Crippen molar-refractivity contribution >= 4 is 37.6 Å². The fourth-order valence-electron chi connectivity index (χ4n) is 2.50. The molecule has 0 saturated carbocycles. The third kappa shape index (κ3) is 8.16. The number of sulfone groups is 1. The van der Waals surface area contributed by atoms with Crippen molar-refractivity contribution in [3.8, 4) is 5.75 Å². The minimum atomic E-state index is -3.32. The summed E-state index contributed by atoms with van der Waals surface area (Å²) in [5, 5.41) is 2.56. The Morgan fingerprint density at radius 2 is 1.73 bits per heavy atom. The highest BCUT2D eigenvalue weighted by molar-refractivity contribution is 9.10. The lowest BCUT2D eigenvalue weighted by atomic mass is 10.1. The van der Waals surface area contributed by atoms with Crippen LogP contribution in [0.15, 0.2) is 53.0 Å². The standard InChI is InChI=1S/C21H24BrNO6S/c1-15-7-9-16(10-8-15)28-12-13-29-21(25)19(11-14-30(2,26)27)23-20(24)17-5-3-4-6-18(17)22/h3-10,19H,11-14H2,1-2H3,(H,23,24)/t19-/m0/s1. The number of carbonyl (C=O) groups excluding carboxylic acids is 2. The Balaban J connectivity index is 1.95. The van der Waals surface area contributed by atoms with Crippen LogP contribution in [0, 0.1) is 6.92 Å². The van der Waals surface area contributed by atoms with Gasteiger partial charge in [0.1, 0.15) is 34.8 Å². The molecule has 0 aliphatic carbocycles. The zero-order valence-electron chi connectivity index (χ0n) is 16.8. The van der Waals surface area contributed by atoms with E-state index in [0.717, 1.165) is 11.8 Å². The van der Waals surface area contributed by atoms with Gasteiger partial charge in [-0.2, -0.15) is 0 Å². The van der Waals surface area contributed by atoms with Gasteiger partial charge in [0.2, 0.25) is 0 Å². The minimum absolute atomic E-state index is 0.0347. The second-order valence-electron chi connectivity index (χ2n) is 6.75. The van der Waals surface area contributed by atoms with E-state index >= 15 is 0 Å². The van der Waals surface area contributed by atoms with Crippen molar-refractivity contribution in [2.24, 2.45) is 0 Å². The summed E-state index contributed by atoms with van der Waals surface area (Å²) in [5.74, 6) is -0.837. The predicted molar refractivity (Wildman–Crippen MR) is 117 cm³/mol. The maximum Gasteiger partial charge on any atom is 0.328 e. The van der Waals surface area contributed by atoms with Crippen molar-refractivity contribution in [2.45, 2.75) is 19.4 Å². The first kappa shape index (κ1) is 23.9. The zero-order valence-corrected chi connectivity index (χ0v) is 19.2. The topological polar surface area (TPSA) is 98.8 Å². The molecule has 1 atom stereocenters. The number of nitrogens with one attached hydrogen (secondary N) is 1. The Morgan fingerprint density at radius 3 is 2.37 bits per heavy atom.